The highest BCUT2D eigenvalue weighted by molar-refractivity contribution is 5.84. The first-order valence-electron chi connectivity index (χ1n) is 9.45. The molecular formula is C20H25FN4O2. The van der Waals surface area contributed by atoms with Gasteiger partial charge in [-0.2, -0.15) is 0 Å². The molecule has 2 heterocycles. The van der Waals surface area contributed by atoms with Gasteiger partial charge in [0, 0.05) is 56.4 Å². The second kappa shape index (κ2) is 7.31. The van der Waals surface area contributed by atoms with E-state index in [9.17, 15) is 9.18 Å². The SMILES string of the molecule is CON=C(C)CN1CCN(c2cc3c(cc2F)c(=O)ccn3C2CC2)CC1. The molecule has 0 spiro atoms. The molecule has 0 bridgehead atoms. The average Bonchev–Trinajstić information content (AvgIpc) is 3.48. The maximum Gasteiger partial charge on any atom is 0.189 e. The van der Waals surface area contributed by atoms with Gasteiger partial charge in [-0.25, -0.2) is 4.39 Å². The number of hydrogen-bond acceptors (Lipinski definition) is 5. The molecule has 0 unspecified atom stereocenters. The van der Waals surface area contributed by atoms with Crippen molar-refractivity contribution < 1.29 is 9.23 Å². The Hall–Kier alpha value is -2.41. The lowest BCUT2D eigenvalue weighted by atomic mass is 10.1. The van der Waals surface area contributed by atoms with E-state index in [1.165, 1.54) is 6.07 Å². The number of rotatable bonds is 5. The van der Waals surface area contributed by atoms with Crippen molar-refractivity contribution >= 4 is 22.3 Å². The molecule has 1 aliphatic heterocycles. The molecule has 1 aliphatic carbocycles. The molecule has 1 aromatic carbocycles. The van der Waals surface area contributed by atoms with Crippen LogP contribution >= 0.6 is 0 Å². The highest BCUT2D eigenvalue weighted by Gasteiger charge is 2.26. The third-order valence-corrected chi connectivity index (χ3v) is 5.35. The minimum Gasteiger partial charge on any atom is -0.399 e. The highest BCUT2D eigenvalue weighted by atomic mass is 19.1. The maximum absolute atomic E-state index is 14.8. The number of nitrogens with zero attached hydrogens (tertiary/aromatic N) is 4. The first-order chi connectivity index (χ1) is 13.1. The van der Waals surface area contributed by atoms with Crippen LogP contribution in [-0.2, 0) is 4.84 Å². The Morgan fingerprint density at radius 1 is 1.26 bits per heavy atom. The Morgan fingerprint density at radius 3 is 2.67 bits per heavy atom. The van der Waals surface area contributed by atoms with Gasteiger partial charge in [0.05, 0.1) is 16.9 Å². The molecule has 2 aliphatic rings. The van der Waals surface area contributed by atoms with Crippen molar-refractivity contribution in [3.63, 3.8) is 0 Å². The molecule has 7 heteroatoms. The van der Waals surface area contributed by atoms with Gasteiger partial charge >= 0.3 is 0 Å². The predicted octanol–water partition coefficient (Wildman–Crippen LogP) is 2.62. The van der Waals surface area contributed by atoms with Crippen LogP contribution < -0.4 is 10.3 Å². The summed E-state index contributed by atoms with van der Waals surface area (Å²) >= 11 is 0. The number of halogens is 1. The lowest BCUT2D eigenvalue weighted by Gasteiger charge is -2.36. The molecule has 0 amide bonds. The minimum absolute atomic E-state index is 0.120. The van der Waals surface area contributed by atoms with E-state index in [1.54, 1.807) is 13.2 Å². The smallest absolute Gasteiger partial charge is 0.189 e. The summed E-state index contributed by atoms with van der Waals surface area (Å²) in [5, 5.41) is 4.42. The Labute approximate surface area is 157 Å². The van der Waals surface area contributed by atoms with Gasteiger partial charge < -0.3 is 14.3 Å². The van der Waals surface area contributed by atoms with Crippen molar-refractivity contribution in [2.24, 2.45) is 5.16 Å². The fourth-order valence-corrected chi connectivity index (χ4v) is 3.85. The lowest BCUT2D eigenvalue weighted by molar-refractivity contribution is 0.208. The standard InChI is InChI=1S/C20H25FN4O2/c1-14(22-27-2)13-23-7-9-24(10-8-23)19-12-18-16(11-17(19)21)20(26)5-6-25(18)15-3-4-15/h5-6,11-12,15H,3-4,7-10,13H2,1-2H3. The van der Waals surface area contributed by atoms with Crippen molar-refractivity contribution in [1.29, 1.82) is 0 Å². The topological polar surface area (TPSA) is 50.1 Å². The molecule has 6 nitrogen and oxygen atoms in total. The van der Waals surface area contributed by atoms with E-state index in [2.05, 4.69) is 19.5 Å². The Kier molecular flexibility index (Phi) is 4.86. The van der Waals surface area contributed by atoms with Gasteiger partial charge in [-0.3, -0.25) is 9.69 Å². The van der Waals surface area contributed by atoms with E-state index < -0.39 is 0 Å². The van der Waals surface area contributed by atoms with Gasteiger partial charge in [-0.1, -0.05) is 5.16 Å². The van der Waals surface area contributed by atoms with Crippen LogP contribution in [0, 0.1) is 5.82 Å². The van der Waals surface area contributed by atoms with E-state index in [-0.39, 0.29) is 11.2 Å². The molecule has 4 rings (SSSR count). The number of hydrogen-bond donors (Lipinski definition) is 0. The summed E-state index contributed by atoms with van der Waals surface area (Å²) in [6.45, 7) is 5.84. The first-order valence-corrected chi connectivity index (χ1v) is 9.45. The molecule has 1 saturated carbocycles. The van der Waals surface area contributed by atoms with Gasteiger partial charge in [-0.15, -0.1) is 0 Å². The van der Waals surface area contributed by atoms with E-state index in [1.807, 2.05) is 19.2 Å². The van der Waals surface area contributed by atoms with Gasteiger partial charge in [0.15, 0.2) is 5.43 Å². The highest BCUT2D eigenvalue weighted by Crippen LogP contribution is 2.37. The summed E-state index contributed by atoms with van der Waals surface area (Å²) in [5.41, 5.74) is 2.23. The summed E-state index contributed by atoms with van der Waals surface area (Å²) in [7, 11) is 1.55. The van der Waals surface area contributed by atoms with Crippen LogP contribution in [0.2, 0.25) is 0 Å². The maximum atomic E-state index is 14.8. The Bertz CT molecular complexity index is 927. The zero-order chi connectivity index (χ0) is 19.0. The number of aromatic nitrogens is 1. The summed E-state index contributed by atoms with van der Waals surface area (Å²) in [5.74, 6) is -0.321. The second-order valence-corrected chi connectivity index (χ2v) is 7.41. The summed E-state index contributed by atoms with van der Waals surface area (Å²) in [6.07, 6.45) is 4.08. The van der Waals surface area contributed by atoms with Crippen LogP contribution in [0.25, 0.3) is 10.9 Å². The first kappa shape index (κ1) is 18.0. The predicted molar refractivity (Wildman–Crippen MR) is 105 cm³/mol. The van der Waals surface area contributed by atoms with Crippen LogP contribution in [0.5, 0.6) is 0 Å². The summed E-state index contributed by atoms with van der Waals surface area (Å²) < 4.78 is 16.9. The molecule has 1 saturated heterocycles. The summed E-state index contributed by atoms with van der Waals surface area (Å²) in [6, 6.07) is 5.25. The Morgan fingerprint density at radius 2 is 2.00 bits per heavy atom. The van der Waals surface area contributed by atoms with Crippen LogP contribution in [0.1, 0.15) is 25.8 Å². The molecule has 144 valence electrons. The molecule has 1 aromatic heterocycles. The molecule has 0 N–H and O–H groups in total. The number of pyridine rings is 1. The normalized spacial score (nSPS) is 18.9. The van der Waals surface area contributed by atoms with Gasteiger partial charge in [0.1, 0.15) is 12.9 Å². The minimum atomic E-state index is -0.321. The number of fused-ring (bicyclic) bond motifs is 1. The van der Waals surface area contributed by atoms with Crippen molar-refractivity contribution in [2.45, 2.75) is 25.8 Å². The van der Waals surface area contributed by atoms with Crippen molar-refractivity contribution in [3.05, 3.63) is 40.4 Å². The van der Waals surface area contributed by atoms with Crippen molar-refractivity contribution in [2.75, 3.05) is 44.7 Å². The van der Waals surface area contributed by atoms with Gasteiger partial charge in [-0.05, 0) is 31.9 Å². The third kappa shape index (κ3) is 3.69. The number of anilines is 1. The van der Waals surface area contributed by atoms with E-state index in [0.29, 0.717) is 17.1 Å². The fraction of sp³-hybridized carbons (Fsp3) is 0.500. The molecule has 2 fully saturated rings. The van der Waals surface area contributed by atoms with Gasteiger partial charge in [0.2, 0.25) is 0 Å². The number of piperazine rings is 1. The average molecular weight is 372 g/mol. The van der Waals surface area contributed by atoms with Crippen LogP contribution in [0.4, 0.5) is 10.1 Å². The Balaban J connectivity index is 1.58. The monoisotopic (exact) mass is 372 g/mol. The van der Waals surface area contributed by atoms with E-state index >= 15 is 0 Å². The quantitative estimate of drug-likeness (QED) is 0.598. The number of benzene rings is 1. The van der Waals surface area contributed by atoms with Crippen molar-refractivity contribution in [1.82, 2.24) is 9.47 Å². The zero-order valence-corrected chi connectivity index (χ0v) is 15.8. The fourth-order valence-electron chi connectivity index (χ4n) is 3.85. The zero-order valence-electron chi connectivity index (χ0n) is 15.8. The molecular weight excluding hydrogens is 347 g/mol. The van der Waals surface area contributed by atoms with E-state index in [0.717, 1.165) is 56.8 Å². The number of oxime groups is 1. The van der Waals surface area contributed by atoms with Crippen molar-refractivity contribution in [3.8, 4) is 0 Å². The van der Waals surface area contributed by atoms with Crippen LogP contribution in [0.15, 0.2) is 34.3 Å². The van der Waals surface area contributed by atoms with Crippen LogP contribution in [-0.4, -0.2) is 55.0 Å². The van der Waals surface area contributed by atoms with Crippen LogP contribution in [0.3, 0.4) is 0 Å². The largest absolute Gasteiger partial charge is 0.399 e. The second-order valence-electron chi connectivity index (χ2n) is 7.41. The summed E-state index contributed by atoms with van der Waals surface area (Å²) in [4.78, 5) is 21.4. The molecule has 0 radical (unpaired) electrons. The molecule has 0 atom stereocenters. The lowest BCUT2D eigenvalue weighted by Crippen LogP contribution is -2.48. The molecule has 27 heavy (non-hydrogen) atoms. The third-order valence-electron chi connectivity index (χ3n) is 5.35. The molecule has 2 aromatic rings. The van der Waals surface area contributed by atoms with E-state index in [4.69, 9.17) is 4.84 Å². The van der Waals surface area contributed by atoms with Gasteiger partial charge in [0.25, 0.3) is 0 Å².